The van der Waals surface area contributed by atoms with Crippen molar-refractivity contribution in [3.05, 3.63) is 80.9 Å². The topological polar surface area (TPSA) is 64.0 Å². The number of anilines is 1. The number of hydrogen-bond donors (Lipinski definition) is 1. The maximum Gasteiger partial charge on any atom is 0.276 e. The average Bonchev–Trinajstić information content (AvgIpc) is 3.16. The van der Waals surface area contributed by atoms with Crippen molar-refractivity contribution < 1.29 is 4.79 Å². The molecule has 2 aromatic heterocycles. The molecule has 0 fully saturated rings. The van der Waals surface area contributed by atoms with E-state index in [9.17, 15) is 9.59 Å². The van der Waals surface area contributed by atoms with Crippen molar-refractivity contribution >= 4 is 56.5 Å². The lowest BCUT2D eigenvalue weighted by Gasteiger charge is -2.14. The van der Waals surface area contributed by atoms with Gasteiger partial charge in [-0.05, 0) is 48.2 Å². The Morgan fingerprint density at radius 1 is 1.21 bits per heavy atom. The first-order chi connectivity index (χ1) is 14.0. The Kier molecular flexibility index (Phi) is 5.71. The van der Waals surface area contributed by atoms with Crippen LogP contribution in [0.1, 0.15) is 5.56 Å². The highest BCUT2D eigenvalue weighted by Crippen LogP contribution is 2.25. The molecule has 0 bridgehead atoms. The van der Waals surface area contributed by atoms with Crippen molar-refractivity contribution in [1.29, 1.82) is 0 Å². The third-order valence-corrected chi connectivity index (χ3v) is 6.31. The summed E-state index contributed by atoms with van der Waals surface area (Å²) in [6, 6.07) is 16.4. The molecule has 146 valence electrons. The van der Waals surface area contributed by atoms with Crippen LogP contribution in [0, 0.1) is 6.92 Å². The molecule has 29 heavy (non-hydrogen) atoms. The molecule has 1 N–H and O–H groups in total. The van der Waals surface area contributed by atoms with Gasteiger partial charge in [-0.25, -0.2) is 4.98 Å². The standard InChI is InChI=1S/C21H16ClN3O2S2/c1-13-5-2-3-8-17(13)25-20(27)19-16(9-10-28-19)24-21(25)29-12-18(26)23-15-7-4-6-14(22)11-15/h2-11H,12H2,1H3,(H,23,26). The van der Waals surface area contributed by atoms with Crippen LogP contribution in [0.15, 0.2) is 69.9 Å². The third-order valence-electron chi connectivity index (χ3n) is 4.25. The van der Waals surface area contributed by atoms with Gasteiger partial charge in [0.25, 0.3) is 5.56 Å². The van der Waals surface area contributed by atoms with Gasteiger partial charge >= 0.3 is 0 Å². The Labute approximate surface area is 180 Å². The molecule has 0 aliphatic rings. The Balaban J connectivity index is 1.66. The Morgan fingerprint density at radius 3 is 2.83 bits per heavy atom. The summed E-state index contributed by atoms with van der Waals surface area (Å²) in [6.45, 7) is 1.95. The number of aromatic nitrogens is 2. The van der Waals surface area contributed by atoms with Gasteiger partial charge < -0.3 is 5.32 Å². The second-order valence-corrected chi connectivity index (χ2v) is 8.60. The van der Waals surface area contributed by atoms with Crippen LogP contribution in [0.3, 0.4) is 0 Å². The van der Waals surface area contributed by atoms with E-state index in [2.05, 4.69) is 10.3 Å². The van der Waals surface area contributed by atoms with Crippen molar-refractivity contribution in [3.8, 4) is 5.69 Å². The molecule has 0 saturated carbocycles. The summed E-state index contributed by atoms with van der Waals surface area (Å²) >= 11 is 8.56. The van der Waals surface area contributed by atoms with E-state index in [1.807, 2.05) is 42.6 Å². The number of nitrogens with zero attached hydrogens (tertiary/aromatic N) is 2. The molecule has 0 unspecified atom stereocenters. The molecule has 0 aliphatic heterocycles. The first-order valence-corrected chi connectivity index (χ1v) is 11.0. The first-order valence-electron chi connectivity index (χ1n) is 8.77. The summed E-state index contributed by atoms with van der Waals surface area (Å²) in [5.41, 5.74) is 2.86. The number of amides is 1. The van der Waals surface area contributed by atoms with Gasteiger partial charge in [0.15, 0.2) is 5.16 Å². The van der Waals surface area contributed by atoms with Crippen LogP contribution in [-0.4, -0.2) is 21.2 Å². The van der Waals surface area contributed by atoms with Gasteiger partial charge in [-0.2, -0.15) is 0 Å². The van der Waals surface area contributed by atoms with Crippen molar-refractivity contribution in [2.24, 2.45) is 0 Å². The van der Waals surface area contributed by atoms with Crippen molar-refractivity contribution in [2.45, 2.75) is 12.1 Å². The number of hydrogen-bond acceptors (Lipinski definition) is 5. The number of halogens is 1. The van der Waals surface area contributed by atoms with Gasteiger partial charge in [0.05, 0.1) is 17.0 Å². The van der Waals surface area contributed by atoms with Gasteiger partial charge in [0, 0.05) is 10.7 Å². The second kappa shape index (κ2) is 8.41. The number of para-hydroxylation sites is 1. The fourth-order valence-corrected chi connectivity index (χ4v) is 4.66. The van der Waals surface area contributed by atoms with Crippen molar-refractivity contribution in [1.82, 2.24) is 9.55 Å². The maximum atomic E-state index is 13.1. The highest BCUT2D eigenvalue weighted by molar-refractivity contribution is 7.99. The van der Waals surface area contributed by atoms with E-state index >= 15 is 0 Å². The molecular weight excluding hydrogens is 426 g/mol. The van der Waals surface area contributed by atoms with E-state index in [4.69, 9.17) is 11.6 Å². The van der Waals surface area contributed by atoms with Crippen LogP contribution in [-0.2, 0) is 4.79 Å². The minimum atomic E-state index is -0.201. The fraction of sp³-hybridized carbons (Fsp3) is 0.0952. The van der Waals surface area contributed by atoms with Crippen molar-refractivity contribution in [2.75, 3.05) is 11.1 Å². The molecule has 1 amide bonds. The molecule has 4 rings (SSSR count). The molecule has 0 atom stereocenters. The molecule has 5 nitrogen and oxygen atoms in total. The van der Waals surface area contributed by atoms with Crippen LogP contribution < -0.4 is 10.9 Å². The fourth-order valence-electron chi connectivity index (χ4n) is 2.91. The molecule has 4 aromatic rings. The molecule has 0 aliphatic carbocycles. The number of carbonyl (C=O) groups is 1. The molecular formula is C21H16ClN3O2S2. The predicted octanol–water partition coefficient (Wildman–Crippen LogP) is 5.14. The van der Waals surface area contributed by atoms with Crippen LogP contribution in [0.25, 0.3) is 15.9 Å². The van der Waals surface area contributed by atoms with Crippen LogP contribution in [0.5, 0.6) is 0 Å². The molecule has 0 spiro atoms. The first kappa shape index (κ1) is 19.7. The van der Waals surface area contributed by atoms with Crippen LogP contribution in [0.2, 0.25) is 5.02 Å². The molecule has 2 heterocycles. The zero-order valence-corrected chi connectivity index (χ0v) is 17.8. The number of thioether (sulfide) groups is 1. The van der Waals surface area contributed by atoms with E-state index in [1.165, 1.54) is 23.1 Å². The third kappa shape index (κ3) is 4.22. The SMILES string of the molecule is Cc1ccccc1-n1c(SCC(=O)Nc2cccc(Cl)c2)nc2ccsc2c1=O. The quantitative estimate of drug-likeness (QED) is 0.344. The smallest absolute Gasteiger partial charge is 0.276 e. The minimum Gasteiger partial charge on any atom is -0.325 e. The van der Waals surface area contributed by atoms with E-state index in [0.717, 1.165) is 11.3 Å². The second-order valence-electron chi connectivity index (χ2n) is 6.30. The predicted molar refractivity (Wildman–Crippen MR) is 121 cm³/mol. The monoisotopic (exact) mass is 441 g/mol. The Morgan fingerprint density at radius 2 is 2.03 bits per heavy atom. The lowest BCUT2D eigenvalue weighted by atomic mass is 10.2. The number of carbonyl (C=O) groups excluding carboxylic acids is 1. The van der Waals surface area contributed by atoms with Crippen molar-refractivity contribution in [3.63, 3.8) is 0 Å². The van der Waals surface area contributed by atoms with Crippen LogP contribution >= 0.6 is 34.7 Å². The largest absolute Gasteiger partial charge is 0.325 e. The number of rotatable bonds is 5. The maximum absolute atomic E-state index is 13.1. The molecule has 0 radical (unpaired) electrons. The van der Waals surface area contributed by atoms with E-state index < -0.39 is 0 Å². The number of nitrogens with one attached hydrogen (secondary N) is 1. The molecule has 8 heteroatoms. The van der Waals surface area contributed by atoms with Gasteiger partial charge in [0.1, 0.15) is 4.70 Å². The lowest BCUT2D eigenvalue weighted by molar-refractivity contribution is -0.113. The zero-order chi connectivity index (χ0) is 20.4. The van der Waals surface area contributed by atoms with E-state index in [1.54, 1.807) is 28.8 Å². The Bertz CT molecular complexity index is 1270. The van der Waals surface area contributed by atoms with Gasteiger partial charge in [-0.15, -0.1) is 11.3 Å². The summed E-state index contributed by atoms with van der Waals surface area (Å²) in [5, 5.41) is 5.69. The van der Waals surface area contributed by atoms with Gasteiger partial charge in [-0.3, -0.25) is 14.2 Å². The number of thiophene rings is 1. The minimum absolute atomic E-state index is 0.112. The van der Waals surface area contributed by atoms with E-state index in [0.29, 0.717) is 26.1 Å². The van der Waals surface area contributed by atoms with E-state index in [-0.39, 0.29) is 17.2 Å². The summed E-state index contributed by atoms with van der Waals surface area (Å²) in [5.74, 6) is -0.0891. The van der Waals surface area contributed by atoms with Crippen LogP contribution in [0.4, 0.5) is 5.69 Å². The number of aryl methyl sites for hydroxylation is 1. The normalized spacial score (nSPS) is 11.0. The van der Waals surface area contributed by atoms with Gasteiger partial charge in [0.2, 0.25) is 5.91 Å². The number of benzene rings is 2. The zero-order valence-electron chi connectivity index (χ0n) is 15.4. The molecule has 0 saturated heterocycles. The summed E-state index contributed by atoms with van der Waals surface area (Å²) < 4.78 is 2.19. The Hall–Kier alpha value is -2.61. The lowest BCUT2D eigenvalue weighted by Crippen LogP contribution is -2.22. The average molecular weight is 442 g/mol. The van der Waals surface area contributed by atoms with Gasteiger partial charge in [-0.1, -0.05) is 47.6 Å². The number of fused-ring (bicyclic) bond motifs is 1. The highest BCUT2D eigenvalue weighted by Gasteiger charge is 2.16. The summed E-state index contributed by atoms with van der Waals surface area (Å²) in [6.07, 6.45) is 0. The highest BCUT2D eigenvalue weighted by atomic mass is 35.5. The summed E-state index contributed by atoms with van der Waals surface area (Å²) in [4.78, 5) is 30.2. The summed E-state index contributed by atoms with van der Waals surface area (Å²) in [7, 11) is 0. The molecule has 2 aromatic carbocycles.